The molecule has 0 radical (unpaired) electrons. The molecule has 1 atom stereocenters. The quantitative estimate of drug-likeness (QED) is 0.814. The van der Waals surface area contributed by atoms with Crippen molar-refractivity contribution in [2.45, 2.75) is 11.8 Å². The van der Waals surface area contributed by atoms with E-state index in [1.807, 2.05) is 0 Å². The lowest BCUT2D eigenvalue weighted by molar-refractivity contribution is -0.118. The summed E-state index contributed by atoms with van der Waals surface area (Å²) in [5.41, 5.74) is 0.240. The summed E-state index contributed by atoms with van der Waals surface area (Å²) in [5, 5.41) is 2.60. The third-order valence-electron chi connectivity index (χ3n) is 2.71. The van der Waals surface area contributed by atoms with Crippen LogP contribution in [0.5, 0.6) is 5.75 Å². The first-order chi connectivity index (χ1) is 7.95. The van der Waals surface area contributed by atoms with Crippen LogP contribution in [0, 0.1) is 5.92 Å². The number of methoxy groups -OCH3 is 1. The average Bonchev–Trinajstić information content (AvgIpc) is 2.35. The van der Waals surface area contributed by atoms with Crippen molar-refractivity contribution in [3.05, 3.63) is 18.2 Å². The number of ether oxygens (including phenoxy) is 1. The highest BCUT2D eigenvalue weighted by molar-refractivity contribution is 7.91. The first-order valence-corrected chi connectivity index (χ1v) is 6.81. The second-order valence-electron chi connectivity index (χ2n) is 4.01. The monoisotopic (exact) mass is 255 g/mol. The van der Waals surface area contributed by atoms with Crippen LogP contribution in [-0.4, -0.2) is 27.2 Å². The molecule has 0 fully saturated rings. The van der Waals surface area contributed by atoms with Crippen molar-refractivity contribution in [2.75, 3.05) is 18.2 Å². The lowest BCUT2D eigenvalue weighted by Crippen LogP contribution is -2.22. The molecule has 92 valence electrons. The predicted molar refractivity (Wildman–Crippen MR) is 62.8 cm³/mol. The number of para-hydroxylation sites is 1. The van der Waals surface area contributed by atoms with Gasteiger partial charge in [-0.1, -0.05) is 13.0 Å². The second-order valence-corrected chi connectivity index (χ2v) is 6.01. The van der Waals surface area contributed by atoms with Gasteiger partial charge < -0.3 is 10.1 Å². The lowest BCUT2D eigenvalue weighted by atomic mass is 10.2. The number of amides is 1. The third-order valence-corrected chi connectivity index (χ3v) is 4.66. The maximum Gasteiger partial charge on any atom is 0.228 e. The molecule has 1 amide bonds. The summed E-state index contributed by atoms with van der Waals surface area (Å²) in [4.78, 5) is 11.8. The molecular weight excluding hydrogens is 242 g/mol. The number of carbonyl (C=O) groups excluding carboxylic acids is 1. The van der Waals surface area contributed by atoms with Crippen molar-refractivity contribution < 1.29 is 17.9 Å². The van der Waals surface area contributed by atoms with Gasteiger partial charge in [-0.2, -0.15) is 0 Å². The summed E-state index contributed by atoms with van der Waals surface area (Å²) >= 11 is 0. The Hall–Kier alpha value is -1.56. The first kappa shape index (κ1) is 11.9. The van der Waals surface area contributed by atoms with Gasteiger partial charge in [0.1, 0.15) is 11.4 Å². The number of hydrogen-bond donors (Lipinski definition) is 1. The molecule has 0 saturated carbocycles. The molecule has 0 aromatic heterocycles. The van der Waals surface area contributed by atoms with Crippen LogP contribution in [0.4, 0.5) is 5.69 Å². The van der Waals surface area contributed by atoms with Crippen LogP contribution in [0.1, 0.15) is 6.92 Å². The number of sulfone groups is 1. The van der Waals surface area contributed by atoms with Crippen LogP contribution in [0.15, 0.2) is 23.1 Å². The van der Waals surface area contributed by atoms with Gasteiger partial charge in [0.15, 0.2) is 9.84 Å². The van der Waals surface area contributed by atoms with E-state index in [0.717, 1.165) is 0 Å². The topological polar surface area (TPSA) is 72.5 Å². The Balaban J connectivity index is 2.69. The Morgan fingerprint density at radius 2 is 2.12 bits per heavy atom. The minimum Gasteiger partial charge on any atom is -0.495 e. The molecule has 1 aromatic rings. The fraction of sp³-hybridized carbons (Fsp3) is 0.364. The molecule has 0 saturated heterocycles. The Morgan fingerprint density at radius 3 is 2.76 bits per heavy atom. The normalized spacial score (nSPS) is 22.2. The van der Waals surface area contributed by atoms with E-state index in [1.165, 1.54) is 13.2 Å². The van der Waals surface area contributed by atoms with E-state index in [0.29, 0.717) is 5.75 Å². The molecule has 2 rings (SSSR count). The minimum absolute atomic E-state index is 0.120. The minimum atomic E-state index is -3.46. The third kappa shape index (κ3) is 2.00. The van der Waals surface area contributed by atoms with Gasteiger partial charge in [-0.3, -0.25) is 4.79 Å². The summed E-state index contributed by atoms with van der Waals surface area (Å²) in [5.74, 6) is -0.707. The van der Waals surface area contributed by atoms with E-state index in [2.05, 4.69) is 5.32 Å². The predicted octanol–water partition coefficient (Wildman–Crippen LogP) is 1.06. The molecule has 1 aromatic carbocycles. The standard InChI is InChI=1S/C11H13NO4S/c1-7-6-17(14,15)9-5-3-4-8(16-2)10(9)12-11(7)13/h3-5,7H,6H2,1-2H3,(H,12,13). The summed E-state index contributed by atoms with van der Waals surface area (Å²) in [6, 6.07) is 4.69. The van der Waals surface area contributed by atoms with Crippen molar-refractivity contribution in [1.82, 2.24) is 0 Å². The van der Waals surface area contributed by atoms with Crippen molar-refractivity contribution in [1.29, 1.82) is 0 Å². The molecule has 1 N–H and O–H groups in total. The summed E-state index contributed by atoms with van der Waals surface area (Å²) in [6.07, 6.45) is 0. The SMILES string of the molecule is COc1cccc2c1NC(=O)C(C)CS2(=O)=O. The molecule has 6 heteroatoms. The molecule has 1 heterocycles. The number of rotatable bonds is 1. The lowest BCUT2D eigenvalue weighted by Gasteiger charge is -2.11. The van der Waals surface area contributed by atoms with Crippen LogP contribution in [0.2, 0.25) is 0 Å². The zero-order valence-corrected chi connectivity index (χ0v) is 10.4. The Kier molecular flexibility index (Phi) is 2.82. The number of benzene rings is 1. The highest BCUT2D eigenvalue weighted by Gasteiger charge is 2.31. The summed E-state index contributed by atoms with van der Waals surface area (Å²) in [6.45, 7) is 1.59. The largest absolute Gasteiger partial charge is 0.495 e. The molecule has 5 nitrogen and oxygen atoms in total. The van der Waals surface area contributed by atoms with Crippen LogP contribution in [0.25, 0.3) is 0 Å². The van der Waals surface area contributed by atoms with Crippen LogP contribution < -0.4 is 10.1 Å². The van der Waals surface area contributed by atoms with E-state index in [4.69, 9.17) is 4.74 Å². The van der Waals surface area contributed by atoms with Gasteiger partial charge in [-0.05, 0) is 12.1 Å². The second kappa shape index (κ2) is 4.03. The number of nitrogens with one attached hydrogen (secondary N) is 1. The zero-order chi connectivity index (χ0) is 12.6. The van der Waals surface area contributed by atoms with Crippen LogP contribution in [-0.2, 0) is 14.6 Å². The van der Waals surface area contributed by atoms with Crippen molar-refractivity contribution in [3.8, 4) is 5.75 Å². The van der Waals surface area contributed by atoms with Crippen molar-refractivity contribution in [3.63, 3.8) is 0 Å². The van der Waals surface area contributed by atoms with E-state index in [9.17, 15) is 13.2 Å². The Labute approximate surface area is 99.7 Å². The summed E-state index contributed by atoms with van der Waals surface area (Å²) in [7, 11) is -2.02. The fourth-order valence-electron chi connectivity index (χ4n) is 1.80. The highest BCUT2D eigenvalue weighted by Crippen LogP contribution is 2.35. The van der Waals surface area contributed by atoms with Gasteiger partial charge >= 0.3 is 0 Å². The molecule has 0 bridgehead atoms. The molecule has 1 unspecified atom stereocenters. The molecule has 17 heavy (non-hydrogen) atoms. The van der Waals surface area contributed by atoms with Crippen molar-refractivity contribution >= 4 is 21.4 Å². The fourth-order valence-corrected chi connectivity index (χ4v) is 3.54. The van der Waals surface area contributed by atoms with E-state index >= 15 is 0 Å². The highest BCUT2D eigenvalue weighted by atomic mass is 32.2. The molecule has 1 aliphatic rings. The van der Waals surface area contributed by atoms with Gasteiger partial charge in [0.05, 0.1) is 17.8 Å². The van der Waals surface area contributed by atoms with Crippen LogP contribution >= 0.6 is 0 Å². The number of hydrogen-bond acceptors (Lipinski definition) is 4. The van der Waals surface area contributed by atoms with Gasteiger partial charge in [-0.25, -0.2) is 8.42 Å². The molecular formula is C11H13NO4S. The maximum atomic E-state index is 12.1. The van der Waals surface area contributed by atoms with E-state index in [1.54, 1.807) is 19.1 Å². The van der Waals surface area contributed by atoms with Gasteiger partial charge in [0.25, 0.3) is 0 Å². The summed E-state index contributed by atoms with van der Waals surface area (Å²) < 4.78 is 29.2. The van der Waals surface area contributed by atoms with Crippen molar-refractivity contribution in [2.24, 2.45) is 5.92 Å². The Bertz CT molecular complexity index is 565. The zero-order valence-electron chi connectivity index (χ0n) is 9.56. The van der Waals surface area contributed by atoms with Gasteiger partial charge in [0, 0.05) is 5.92 Å². The maximum absolute atomic E-state index is 12.1. The number of fused-ring (bicyclic) bond motifs is 1. The van der Waals surface area contributed by atoms with Gasteiger partial charge in [-0.15, -0.1) is 0 Å². The average molecular weight is 255 g/mol. The van der Waals surface area contributed by atoms with Gasteiger partial charge in [0.2, 0.25) is 5.91 Å². The van der Waals surface area contributed by atoms with E-state index in [-0.39, 0.29) is 22.2 Å². The molecule has 0 spiro atoms. The Morgan fingerprint density at radius 1 is 1.41 bits per heavy atom. The van der Waals surface area contributed by atoms with Crippen LogP contribution in [0.3, 0.4) is 0 Å². The number of carbonyl (C=O) groups is 1. The number of anilines is 1. The first-order valence-electron chi connectivity index (χ1n) is 5.16. The molecule has 0 aliphatic carbocycles. The van der Waals surface area contributed by atoms with E-state index < -0.39 is 15.8 Å². The smallest absolute Gasteiger partial charge is 0.228 e. The molecule has 1 aliphatic heterocycles.